The van der Waals surface area contributed by atoms with E-state index in [0.717, 1.165) is 4.88 Å². The molecule has 0 radical (unpaired) electrons. The Balaban J connectivity index is 2.30. The van der Waals surface area contributed by atoms with Crippen molar-refractivity contribution >= 4 is 23.2 Å². The molecule has 19 heavy (non-hydrogen) atoms. The largest absolute Gasteiger partial charge is 0.480 e. The lowest BCUT2D eigenvalue weighted by molar-refractivity contribution is -0.138. The van der Waals surface area contributed by atoms with Gasteiger partial charge in [-0.15, -0.1) is 11.3 Å². The Morgan fingerprint density at radius 2 is 2.26 bits per heavy atom. The molecule has 0 aromatic carbocycles. The van der Waals surface area contributed by atoms with E-state index in [-0.39, 0.29) is 0 Å². The molecule has 1 amide bonds. The smallest absolute Gasteiger partial charge is 0.325 e. The van der Waals surface area contributed by atoms with Gasteiger partial charge in [0, 0.05) is 13.2 Å². The number of aromatic nitrogens is 2. The topological polar surface area (TPSA) is 84.2 Å². The quantitative estimate of drug-likeness (QED) is 0.884. The normalized spacial score (nSPS) is 12.1. The number of nitrogens with zero attached hydrogens (tertiary/aromatic N) is 2. The molecule has 0 aliphatic rings. The molecule has 6 nitrogen and oxygen atoms in total. The molecule has 0 unspecified atom stereocenters. The van der Waals surface area contributed by atoms with Crippen LogP contribution in [0.5, 0.6) is 0 Å². The second-order valence-electron chi connectivity index (χ2n) is 4.08. The zero-order valence-electron chi connectivity index (χ0n) is 10.5. The summed E-state index contributed by atoms with van der Waals surface area (Å²) in [4.78, 5) is 23.7. The average Bonchev–Trinajstić information content (AvgIpc) is 2.96. The number of amides is 1. The van der Waals surface area contributed by atoms with Crippen molar-refractivity contribution < 1.29 is 14.7 Å². The first-order chi connectivity index (χ1) is 8.99. The molecule has 2 rings (SSSR count). The number of carboxylic acid groups (broad SMARTS) is 1. The third-order valence-corrected chi connectivity index (χ3v) is 3.42. The molecule has 0 spiro atoms. The Kier molecular flexibility index (Phi) is 3.66. The minimum Gasteiger partial charge on any atom is -0.480 e. The van der Waals surface area contributed by atoms with Gasteiger partial charge in [-0.05, 0) is 18.4 Å². The van der Waals surface area contributed by atoms with Gasteiger partial charge < -0.3 is 10.4 Å². The predicted octanol–water partition coefficient (Wildman–Crippen LogP) is 1.35. The van der Waals surface area contributed by atoms with Gasteiger partial charge in [-0.1, -0.05) is 6.07 Å². The van der Waals surface area contributed by atoms with Crippen LogP contribution in [-0.2, 0) is 11.8 Å². The lowest BCUT2D eigenvalue weighted by atomic mass is 10.2. The first-order valence-electron chi connectivity index (χ1n) is 5.60. The fourth-order valence-electron chi connectivity index (χ4n) is 1.59. The van der Waals surface area contributed by atoms with Crippen LogP contribution in [0.25, 0.3) is 10.6 Å². The van der Waals surface area contributed by atoms with Gasteiger partial charge in [0.1, 0.15) is 11.7 Å². The van der Waals surface area contributed by atoms with Crippen molar-refractivity contribution in [3.63, 3.8) is 0 Å². The molecule has 0 saturated carbocycles. The van der Waals surface area contributed by atoms with Crippen LogP contribution in [0.3, 0.4) is 0 Å². The predicted molar refractivity (Wildman–Crippen MR) is 71.1 cm³/mol. The fourth-order valence-corrected chi connectivity index (χ4v) is 2.31. The van der Waals surface area contributed by atoms with Gasteiger partial charge in [-0.3, -0.25) is 14.3 Å². The minimum atomic E-state index is -1.07. The summed E-state index contributed by atoms with van der Waals surface area (Å²) in [6.07, 6.45) is 1.58. The lowest BCUT2D eigenvalue weighted by Gasteiger charge is -2.08. The van der Waals surface area contributed by atoms with E-state index >= 15 is 0 Å². The summed E-state index contributed by atoms with van der Waals surface area (Å²) < 4.78 is 1.54. The van der Waals surface area contributed by atoms with E-state index in [1.807, 2.05) is 17.5 Å². The first kappa shape index (κ1) is 13.3. The summed E-state index contributed by atoms with van der Waals surface area (Å²) in [6.45, 7) is 1.42. The van der Waals surface area contributed by atoms with E-state index in [4.69, 9.17) is 5.11 Å². The molecule has 0 aliphatic carbocycles. The minimum absolute atomic E-state index is 0.373. The van der Waals surface area contributed by atoms with Crippen LogP contribution < -0.4 is 5.32 Å². The first-order valence-corrected chi connectivity index (χ1v) is 6.48. The number of carbonyl (C=O) groups is 2. The van der Waals surface area contributed by atoms with Gasteiger partial charge in [0.05, 0.1) is 10.4 Å². The number of hydrogen-bond acceptors (Lipinski definition) is 4. The monoisotopic (exact) mass is 279 g/mol. The van der Waals surface area contributed by atoms with Crippen molar-refractivity contribution in [1.29, 1.82) is 0 Å². The van der Waals surface area contributed by atoms with Gasteiger partial charge in [0.15, 0.2) is 0 Å². The van der Waals surface area contributed by atoms with Crippen LogP contribution in [0.1, 0.15) is 17.3 Å². The van der Waals surface area contributed by atoms with Gasteiger partial charge in [0.25, 0.3) is 5.91 Å². The van der Waals surface area contributed by atoms with E-state index in [1.165, 1.54) is 22.9 Å². The number of nitrogens with one attached hydrogen (secondary N) is 1. The zero-order valence-corrected chi connectivity index (χ0v) is 11.3. The number of hydrogen-bond donors (Lipinski definition) is 2. The van der Waals surface area contributed by atoms with Crippen molar-refractivity contribution in [2.24, 2.45) is 7.05 Å². The van der Waals surface area contributed by atoms with E-state index in [0.29, 0.717) is 11.3 Å². The number of aryl methyl sites for hydroxylation is 1. The third-order valence-electron chi connectivity index (χ3n) is 2.55. The average molecular weight is 279 g/mol. The van der Waals surface area contributed by atoms with Crippen LogP contribution in [0.2, 0.25) is 0 Å². The lowest BCUT2D eigenvalue weighted by Crippen LogP contribution is -2.38. The Labute approximate surface area is 113 Å². The van der Waals surface area contributed by atoms with Crippen molar-refractivity contribution in [2.75, 3.05) is 0 Å². The van der Waals surface area contributed by atoms with E-state index in [1.54, 1.807) is 13.2 Å². The summed E-state index contributed by atoms with van der Waals surface area (Å²) in [5, 5.41) is 17.4. The summed E-state index contributed by atoms with van der Waals surface area (Å²) in [6, 6.07) is 2.80. The van der Waals surface area contributed by atoms with Gasteiger partial charge in [-0.25, -0.2) is 0 Å². The summed E-state index contributed by atoms with van der Waals surface area (Å²) in [5.41, 5.74) is 0.936. The molecule has 2 N–H and O–H groups in total. The molecule has 7 heteroatoms. The van der Waals surface area contributed by atoms with Crippen molar-refractivity contribution in [3.05, 3.63) is 29.3 Å². The number of carboxylic acids is 1. The highest BCUT2D eigenvalue weighted by Gasteiger charge is 2.21. The fraction of sp³-hybridized carbons (Fsp3) is 0.250. The highest BCUT2D eigenvalue weighted by Crippen LogP contribution is 2.26. The molecule has 100 valence electrons. The van der Waals surface area contributed by atoms with E-state index < -0.39 is 17.9 Å². The Bertz CT molecular complexity index is 604. The third kappa shape index (κ3) is 2.82. The van der Waals surface area contributed by atoms with Crippen molar-refractivity contribution in [2.45, 2.75) is 13.0 Å². The van der Waals surface area contributed by atoms with E-state index in [2.05, 4.69) is 10.4 Å². The Hall–Kier alpha value is -2.15. The van der Waals surface area contributed by atoms with Crippen LogP contribution in [0.15, 0.2) is 23.7 Å². The maximum Gasteiger partial charge on any atom is 0.325 e. The summed E-state index contributed by atoms with van der Waals surface area (Å²) in [7, 11) is 1.72. The summed E-state index contributed by atoms with van der Waals surface area (Å²) >= 11 is 1.47. The SMILES string of the molecule is C[C@@H](NC(=O)c1cn(C)nc1-c1cccs1)C(=O)O. The highest BCUT2D eigenvalue weighted by molar-refractivity contribution is 7.13. The Morgan fingerprint density at radius 1 is 1.53 bits per heavy atom. The maximum absolute atomic E-state index is 12.1. The number of aliphatic carboxylic acids is 1. The zero-order chi connectivity index (χ0) is 14.0. The molecule has 0 bridgehead atoms. The van der Waals surface area contributed by atoms with Gasteiger partial charge in [-0.2, -0.15) is 5.10 Å². The second-order valence-corrected chi connectivity index (χ2v) is 5.02. The molecule has 0 saturated heterocycles. The van der Waals surface area contributed by atoms with Crippen molar-refractivity contribution in [1.82, 2.24) is 15.1 Å². The molecule has 2 aromatic rings. The van der Waals surface area contributed by atoms with Crippen LogP contribution in [-0.4, -0.2) is 32.8 Å². The molecular weight excluding hydrogens is 266 g/mol. The molecule has 0 aliphatic heterocycles. The van der Waals surface area contributed by atoms with E-state index in [9.17, 15) is 9.59 Å². The molecule has 0 fully saturated rings. The maximum atomic E-state index is 12.1. The number of rotatable bonds is 4. The van der Waals surface area contributed by atoms with Gasteiger partial charge in [0.2, 0.25) is 0 Å². The number of carbonyl (C=O) groups excluding carboxylic acids is 1. The Morgan fingerprint density at radius 3 is 2.84 bits per heavy atom. The van der Waals surface area contributed by atoms with Crippen LogP contribution in [0, 0.1) is 0 Å². The standard InChI is InChI=1S/C12H13N3O3S/c1-7(12(17)18)13-11(16)8-6-15(2)14-10(8)9-4-3-5-19-9/h3-7H,1-2H3,(H,13,16)(H,17,18)/t7-/m1/s1. The van der Waals surface area contributed by atoms with Gasteiger partial charge >= 0.3 is 5.97 Å². The summed E-state index contributed by atoms with van der Waals surface area (Å²) in [5.74, 6) is -1.51. The number of thiophene rings is 1. The molecule has 2 aromatic heterocycles. The molecular formula is C12H13N3O3S. The molecule has 2 heterocycles. The second kappa shape index (κ2) is 5.23. The molecule has 1 atom stereocenters. The van der Waals surface area contributed by atoms with Crippen molar-refractivity contribution in [3.8, 4) is 10.6 Å². The highest BCUT2D eigenvalue weighted by atomic mass is 32.1. The van der Waals surface area contributed by atoms with Crippen LogP contribution in [0.4, 0.5) is 0 Å². The van der Waals surface area contributed by atoms with Crippen LogP contribution >= 0.6 is 11.3 Å².